The zero-order chi connectivity index (χ0) is 22.0. The first-order valence-corrected chi connectivity index (χ1v) is 11.5. The summed E-state index contributed by atoms with van der Waals surface area (Å²) in [4.78, 5) is 31.2. The Balaban J connectivity index is 1.35. The average molecular weight is 447 g/mol. The average Bonchev–Trinajstić information content (AvgIpc) is 3.20. The minimum atomic E-state index is -0.267. The molecular weight excluding hydrogens is 416 g/mol. The Bertz CT molecular complexity index is 975. The molecule has 1 saturated heterocycles. The third-order valence-corrected chi connectivity index (χ3v) is 6.86. The van der Waals surface area contributed by atoms with Crippen LogP contribution in [0.5, 0.6) is 0 Å². The van der Waals surface area contributed by atoms with Crippen LogP contribution in [0.25, 0.3) is 5.69 Å². The third kappa shape index (κ3) is 4.71. The van der Waals surface area contributed by atoms with Gasteiger partial charge in [-0.05, 0) is 18.9 Å². The normalized spacial score (nSPS) is 17.9. The van der Waals surface area contributed by atoms with Crippen LogP contribution in [0.4, 0.5) is 0 Å². The van der Waals surface area contributed by atoms with Gasteiger partial charge in [-0.15, -0.1) is 0 Å². The molecule has 0 spiro atoms. The zero-order valence-corrected chi connectivity index (χ0v) is 19.1. The van der Waals surface area contributed by atoms with Crippen molar-refractivity contribution in [3.05, 3.63) is 46.1 Å². The fourth-order valence-electron chi connectivity index (χ4n) is 4.76. The lowest BCUT2D eigenvalue weighted by molar-refractivity contribution is -0.134. The lowest BCUT2D eigenvalue weighted by atomic mass is 10.1. The van der Waals surface area contributed by atoms with E-state index in [-0.39, 0.29) is 11.5 Å². The minimum Gasteiger partial charge on any atom is -0.339 e. The van der Waals surface area contributed by atoms with Gasteiger partial charge in [-0.1, -0.05) is 13.8 Å². The number of hydrogen-bond acceptors (Lipinski definition) is 5. The molecular formula is C22H31ClN6O2. The van der Waals surface area contributed by atoms with E-state index in [1.807, 2.05) is 15.8 Å². The number of carbonyl (C=O) groups is 1. The SMILES string of the molecule is CCC(CC)N1CCN(C(=O)CN2CCc3c(cnn3-c3ccc(=O)n(Cl)c3)C2)CC1. The molecule has 0 unspecified atom stereocenters. The van der Waals surface area contributed by atoms with Crippen LogP contribution in [-0.2, 0) is 17.8 Å². The second-order valence-electron chi connectivity index (χ2n) is 8.41. The van der Waals surface area contributed by atoms with E-state index in [2.05, 4.69) is 28.7 Å². The van der Waals surface area contributed by atoms with E-state index in [0.29, 0.717) is 19.1 Å². The van der Waals surface area contributed by atoms with E-state index < -0.39 is 0 Å². The summed E-state index contributed by atoms with van der Waals surface area (Å²) in [7, 11) is 0. The zero-order valence-electron chi connectivity index (χ0n) is 18.3. The molecule has 2 aromatic heterocycles. The Morgan fingerprint density at radius 3 is 2.55 bits per heavy atom. The van der Waals surface area contributed by atoms with E-state index in [9.17, 15) is 9.59 Å². The predicted octanol–water partition coefficient (Wildman–Crippen LogP) is 1.73. The van der Waals surface area contributed by atoms with Crippen molar-refractivity contribution in [2.24, 2.45) is 0 Å². The molecule has 0 N–H and O–H groups in total. The topological polar surface area (TPSA) is 66.6 Å². The Morgan fingerprint density at radius 2 is 1.87 bits per heavy atom. The van der Waals surface area contributed by atoms with Gasteiger partial charge < -0.3 is 4.90 Å². The van der Waals surface area contributed by atoms with E-state index in [1.54, 1.807) is 12.3 Å². The summed E-state index contributed by atoms with van der Waals surface area (Å²) >= 11 is 5.92. The molecule has 0 aliphatic carbocycles. The van der Waals surface area contributed by atoms with Crippen LogP contribution < -0.4 is 5.56 Å². The molecule has 8 nitrogen and oxygen atoms in total. The molecule has 168 valence electrons. The van der Waals surface area contributed by atoms with Gasteiger partial charge in [0.1, 0.15) is 0 Å². The molecule has 0 radical (unpaired) electrons. The van der Waals surface area contributed by atoms with Crippen molar-refractivity contribution in [3.8, 4) is 5.69 Å². The fraction of sp³-hybridized carbons (Fsp3) is 0.591. The predicted molar refractivity (Wildman–Crippen MR) is 121 cm³/mol. The molecule has 9 heteroatoms. The minimum absolute atomic E-state index is 0.217. The molecule has 0 atom stereocenters. The third-order valence-electron chi connectivity index (χ3n) is 6.60. The van der Waals surface area contributed by atoms with Crippen molar-refractivity contribution < 1.29 is 4.79 Å². The number of pyridine rings is 1. The van der Waals surface area contributed by atoms with Crippen LogP contribution >= 0.6 is 11.8 Å². The maximum Gasteiger partial charge on any atom is 0.265 e. The van der Waals surface area contributed by atoms with Gasteiger partial charge in [0.15, 0.2) is 0 Å². The number of carbonyl (C=O) groups excluding carboxylic acids is 1. The van der Waals surface area contributed by atoms with Crippen LogP contribution in [0.15, 0.2) is 29.3 Å². The first-order valence-electron chi connectivity index (χ1n) is 11.2. The van der Waals surface area contributed by atoms with Crippen molar-refractivity contribution in [3.63, 3.8) is 0 Å². The van der Waals surface area contributed by atoms with Crippen LogP contribution in [0, 0.1) is 0 Å². The van der Waals surface area contributed by atoms with Gasteiger partial charge >= 0.3 is 0 Å². The number of amides is 1. The van der Waals surface area contributed by atoms with Crippen LogP contribution in [0.3, 0.4) is 0 Å². The molecule has 1 fully saturated rings. The van der Waals surface area contributed by atoms with Crippen molar-refractivity contribution in [1.82, 2.24) is 28.6 Å². The van der Waals surface area contributed by atoms with Crippen LogP contribution in [0.1, 0.15) is 37.9 Å². The molecule has 2 aromatic rings. The summed E-state index contributed by atoms with van der Waals surface area (Å²) < 4.78 is 2.88. The first kappa shape index (κ1) is 22.0. The number of halogens is 1. The maximum atomic E-state index is 12.9. The quantitative estimate of drug-likeness (QED) is 0.676. The highest BCUT2D eigenvalue weighted by Crippen LogP contribution is 2.22. The summed E-state index contributed by atoms with van der Waals surface area (Å²) in [6.45, 7) is 10.0. The molecule has 2 aliphatic heterocycles. The number of hydrogen-bond donors (Lipinski definition) is 0. The second-order valence-corrected chi connectivity index (χ2v) is 8.78. The highest BCUT2D eigenvalue weighted by Gasteiger charge is 2.27. The Morgan fingerprint density at radius 1 is 1.13 bits per heavy atom. The van der Waals surface area contributed by atoms with Gasteiger partial charge in [0.25, 0.3) is 5.56 Å². The highest BCUT2D eigenvalue weighted by molar-refractivity contribution is 6.15. The summed E-state index contributed by atoms with van der Waals surface area (Å²) in [5, 5.41) is 4.50. The van der Waals surface area contributed by atoms with Gasteiger partial charge in [0.05, 0.1) is 30.3 Å². The lowest BCUT2D eigenvalue weighted by Crippen LogP contribution is -2.53. The maximum absolute atomic E-state index is 12.9. The molecule has 0 aromatic carbocycles. The van der Waals surface area contributed by atoms with Crippen LogP contribution in [0.2, 0.25) is 0 Å². The highest BCUT2D eigenvalue weighted by atomic mass is 35.5. The van der Waals surface area contributed by atoms with Gasteiger partial charge in [-0.2, -0.15) is 5.10 Å². The molecule has 4 rings (SSSR count). The van der Waals surface area contributed by atoms with E-state index in [0.717, 1.165) is 60.2 Å². The number of fused-ring (bicyclic) bond motifs is 1. The Kier molecular flexibility index (Phi) is 6.79. The summed E-state index contributed by atoms with van der Waals surface area (Å²) in [5.74, 6) is 0.217. The summed E-state index contributed by atoms with van der Waals surface area (Å²) in [6, 6.07) is 3.80. The van der Waals surface area contributed by atoms with Gasteiger partial charge in [0, 0.05) is 75.1 Å². The summed E-state index contributed by atoms with van der Waals surface area (Å²) in [5.41, 5.74) is 2.72. The molecule has 4 heterocycles. The number of piperazine rings is 1. The van der Waals surface area contributed by atoms with Gasteiger partial charge in [-0.25, -0.2) is 8.77 Å². The Hall–Kier alpha value is -2.16. The van der Waals surface area contributed by atoms with Crippen molar-refractivity contribution >= 4 is 17.7 Å². The molecule has 0 saturated carbocycles. The van der Waals surface area contributed by atoms with Crippen LogP contribution in [-0.4, -0.2) is 79.8 Å². The van der Waals surface area contributed by atoms with Gasteiger partial charge in [-0.3, -0.25) is 19.4 Å². The largest absolute Gasteiger partial charge is 0.339 e. The first-order chi connectivity index (χ1) is 15.0. The van der Waals surface area contributed by atoms with Crippen molar-refractivity contribution in [2.45, 2.75) is 45.7 Å². The van der Waals surface area contributed by atoms with E-state index in [1.165, 1.54) is 18.9 Å². The number of rotatable bonds is 6. The molecule has 31 heavy (non-hydrogen) atoms. The van der Waals surface area contributed by atoms with Gasteiger partial charge in [0.2, 0.25) is 5.91 Å². The monoisotopic (exact) mass is 446 g/mol. The number of nitrogens with zero attached hydrogens (tertiary/aromatic N) is 6. The van der Waals surface area contributed by atoms with Crippen molar-refractivity contribution in [1.29, 1.82) is 0 Å². The van der Waals surface area contributed by atoms with E-state index in [4.69, 9.17) is 11.8 Å². The smallest absolute Gasteiger partial charge is 0.265 e. The summed E-state index contributed by atoms with van der Waals surface area (Å²) in [6.07, 6.45) is 6.56. The molecule has 0 bridgehead atoms. The Labute approximate surface area is 188 Å². The van der Waals surface area contributed by atoms with Crippen molar-refractivity contribution in [2.75, 3.05) is 39.3 Å². The standard InChI is InChI=1S/C22H31ClN6O2/c1-3-18(4-2)26-9-11-27(12-10-26)22(31)16-25-8-7-20-17(14-25)13-24-29(20)19-5-6-21(30)28(23)15-19/h5-6,13,15,18H,3-4,7-12,14,16H2,1-2H3. The molecule has 2 aliphatic rings. The fourth-order valence-corrected chi connectivity index (χ4v) is 4.91. The lowest BCUT2D eigenvalue weighted by Gasteiger charge is -2.39. The number of aromatic nitrogens is 3. The second kappa shape index (κ2) is 9.54. The molecule has 1 amide bonds. The van der Waals surface area contributed by atoms with E-state index >= 15 is 0 Å².